The molecule has 2 aromatic rings. The second kappa shape index (κ2) is 7.69. The summed E-state index contributed by atoms with van der Waals surface area (Å²) >= 11 is 0. The highest BCUT2D eigenvalue weighted by atomic mass is 19.4. The van der Waals surface area contributed by atoms with Crippen molar-refractivity contribution in [3.63, 3.8) is 0 Å². The van der Waals surface area contributed by atoms with E-state index in [0.717, 1.165) is 19.0 Å². The summed E-state index contributed by atoms with van der Waals surface area (Å²) in [4.78, 5) is 26.9. The van der Waals surface area contributed by atoms with E-state index in [4.69, 9.17) is 0 Å². The van der Waals surface area contributed by atoms with Crippen molar-refractivity contribution in [1.29, 1.82) is 0 Å². The quantitative estimate of drug-likeness (QED) is 0.746. The van der Waals surface area contributed by atoms with Gasteiger partial charge in [-0.25, -0.2) is 9.97 Å². The van der Waals surface area contributed by atoms with E-state index in [1.165, 1.54) is 10.9 Å². The number of hydrogen-bond acceptors (Lipinski definition) is 6. The van der Waals surface area contributed by atoms with Gasteiger partial charge in [0, 0.05) is 25.8 Å². The van der Waals surface area contributed by atoms with Crippen LogP contribution in [0.3, 0.4) is 0 Å². The molecule has 0 spiro atoms. The average Bonchev–Trinajstić information content (AvgIpc) is 3.10. The fourth-order valence-corrected chi connectivity index (χ4v) is 4.37. The van der Waals surface area contributed by atoms with Crippen molar-refractivity contribution < 1.29 is 18.0 Å². The molecule has 8 nitrogen and oxygen atoms in total. The number of imidazole rings is 1. The Hall–Kier alpha value is -2.85. The predicted octanol–water partition coefficient (Wildman–Crippen LogP) is 3.30. The summed E-state index contributed by atoms with van der Waals surface area (Å²) in [6.07, 6.45) is -0.529. The summed E-state index contributed by atoms with van der Waals surface area (Å²) in [7, 11) is 1.86. The maximum Gasteiger partial charge on any atom is 0.434 e. The van der Waals surface area contributed by atoms with E-state index >= 15 is 0 Å². The SMILES string of the molecule is Cc1nc(NC2CC(Cn3cnc(C(F)(F)F)c3)C2)nc2c1NC(=O)C(C(C)C)N2C. The van der Waals surface area contributed by atoms with Crippen LogP contribution in [0.5, 0.6) is 0 Å². The van der Waals surface area contributed by atoms with Crippen molar-refractivity contribution in [1.82, 2.24) is 19.5 Å². The lowest BCUT2D eigenvalue weighted by atomic mass is 9.80. The minimum atomic E-state index is -4.42. The van der Waals surface area contributed by atoms with E-state index in [0.29, 0.717) is 29.7 Å². The second-order valence-electron chi connectivity index (χ2n) is 8.75. The molecule has 1 aliphatic carbocycles. The standard InChI is InChI=1S/C20H26F3N7O/c1-10(2)16-18(31)27-15-11(3)25-19(28-17(15)29(16)4)26-13-5-12(6-13)7-30-8-14(24-9-30)20(21,22)23/h8-10,12-13,16H,5-7H2,1-4H3,(H,27,31)(H,25,26,28). The molecule has 1 atom stereocenters. The number of nitrogens with zero attached hydrogens (tertiary/aromatic N) is 5. The number of carbonyl (C=O) groups is 1. The summed E-state index contributed by atoms with van der Waals surface area (Å²) in [5, 5.41) is 6.25. The molecule has 31 heavy (non-hydrogen) atoms. The lowest BCUT2D eigenvalue weighted by Crippen LogP contribution is -2.50. The van der Waals surface area contributed by atoms with Crippen LogP contribution >= 0.6 is 0 Å². The number of alkyl halides is 3. The first kappa shape index (κ1) is 21.4. The number of carbonyl (C=O) groups excluding carboxylic acids is 1. The normalized spacial score (nSPS) is 23.4. The van der Waals surface area contributed by atoms with E-state index in [1.54, 1.807) is 0 Å². The van der Waals surface area contributed by atoms with Crippen molar-refractivity contribution in [2.75, 3.05) is 22.6 Å². The van der Waals surface area contributed by atoms with Crippen LogP contribution in [0.25, 0.3) is 0 Å². The highest BCUT2D eigenvalue weighted by molar-refractivity contribution is 6.03. The predicted molar refractivity (Wildman–Crippen MR) is 110 cm³/mol. The Kier molecular flexibility index (Phi) is 5.30. The van der Waals surface area contributed by atoms with E-state index in [9.17, 15) is 18.0 Å². The summed E-state index contributed by atoms with van der Waals surface area (Å²) in [6.45, 7) is 6.31. The highest BCUT2D eigenvalue weighted by Crippen LogP contribution is 2.36. The van der Waals surface area contributed by atoms with Gasteiger partial charge in [-0.1, -0.05) is 13.8 Å². The fourth-order valence-electron chi connectivity index (χ4n) is 4.37. The van der Waals surface area contributed by atoms with Crippen LogP contribution in [0.4, 0.5) is 30.6 Å². The van der Waals surface area contributed by atoms with Crippen molar-refractivity contribution >= 4 is 23.4 Å². The number of rotatable bonds is 5. The van der Waals surface area contributed by atoms with Crippen LogP contribution in [0.1, 0.15) is 38.1 Å². The Morgan fingerprint density at radius 3 is 2.61 bits per heavy atom. The first-order valence-electron chi connectivity index (χ1n) is 10.3. The van der Waals surface area contributed by atoms with Gasteiger partial charge in [0.25, 0.3) is 0 Å². The number of hydrogen-bond donors (Lipinski definition) is 2. The monoisotopic (exact) mass is 437 g/mol. The van der Waals surface area contributed by atoms with Gasteiger partial charge in [0.2, 0.25) is 11.9 Å². The Morgan fingerprint density at radius 1 is 1.29 bits per heavy atom. The van der Waals surface area contributed by atoms with Gasteiger partial charge in [-0.3, -0.25) is 4.79 Å². The zero-order valence-electron chi connectivity index (χ0n) is 17.9. The van der Waals surface area contributed by atoms with Gasteiger partial charge < -0.3 is 20.1 Å². The zero-order chi connectivity index (χ0) is 22.5. The maximum atomic E-state index is 12.7. The summed E-state index contributed by atoms with van der Waals surface area (Å²) in [6, 6.07) is -0.156. The van der Waals surface area contributed by atoms with Crippen molar-refractivity contribution in [3.05, 3.63) is 23.9 Å². The molecular formula is C20H26F3N7O. The van der Waals surface area contributed by atoms with Crippen LogP contribution in [0.15, 0.2) is 12.5 Å². The third kappa shape index (κ3) is 4.17. The van der Waals surface area contributed by atoms with Crippen molar-refractivity contribution in [2.45, 2.75) is 58.4 Å². The third-order valence-electron chi connectivity index (χ3n) is 5.93. The van der Waals surface area contributed by atoms with Crippen LogP contribution in [0, 0.1) is 18.8 Å². The van der Waals surface area contributed by atoms with Gasteiger partial charge in [0.1, 0.15) is 11.7 Å². The molecule has 1 aliphatic heterocycles. The molecule has 3 heterocycles. The van der Waals surface area contributed by atoms with E-state index in [1.807, 2.05) is 32.7 Å². The Balaban J connectivity index is 1.39. The fraction of sp³-hybridized carbons (Fsp3) is 0.600. The molecule has 0 radical (unpaired) electrons. The largest absolute Gasteiger partial charge is 0.434 e. The lowest BCUT2D eigenvalue weighted by Gasteiger charge is -2.38. The van der Waals surface area contributed by atoms with Gasteiger partial charge >= 0.3 is 6.18 Å². The van der Waals surface area contributed by atoms with Gasteiger partial charge in [-0.15, -0.1) is 0 Å². The summed E-state index contributed by atoms with van der Waals surface area (Å²) < 4.78 is 39.5. The minimum absolute atomic E-state index is 0.0626. The second-order valence-corrected chi connectivity index (χ2v) is 8.75. The Labute approximate surface area is 178 Å². The molecule has 4 rings (SSSR count). The van der Waals surface area contributed by atoms with Crippen LogP contribution in [-0.2, 0) is 17.5 Å². The van der Waals surface area contributed by atoms with Gasteiger partial charge in [-0.2, -0.15) is 18.2 Å². The number of nitrogens with one attached hydrogen (secondary N) is 2. The van der Waals surface area contributed by atoms with E-state index in [-0.39, 0.29) is 29.8 Å². The first-order chi connectivity index (χ1) is 14.5. The van der Waals surface area contributed by atoms with Gasteiger partial charge in [0.05, 0.1) is 12.0 Å². The summed E-state index contributed by atoms with van der Waals surface area (Å²) in [5.41, 5.74) is 0.446. The first-order valence-corrected chi connectivity index (χ1v) is 10.3. The Bertz CT molecular complexity index is 982. The Morgan fingerprint density at radius 2 is 2.00 bits per heavy atom. The molecule has 1 amide bonds. The van der Waals surface area contributed by atoms with E-state index < -0.39 is 11.9 Å². The van der Waals surface area contributed by atoms with Gasteiger partial charge in [0.15, 0.2) is 11.5 Å². The molecule has 2 N–H and O–H groups in total. The van der Waals surface area contributed by atoms with Crippen LogP contribution in [-0.4, -0.2) is 44.6 Å². The molecule has 168 valence electrons. The third-order valence-corrected chi connectivity index (χ3v) is 5.93. The molecule has 0 saturated heterocycles. The molecule has 0 aromatic carbocycles. The molecule has 1 fully saturated rings. The molecule has 0 bridgehead atoms. The molecule has 1 saturated carbocycles. The average molecular weight is 437 g/mol. The number of fused-ring (bicyclic) bond motifs is 1. The number of anilines is 3. The van der Waals surface area contributed by atoms with E-state index in [2.05, 4.69) is 25.6 Å². The zero-order valence-corrected chi connectivity index (χ0v) is 17.9. The maximum absolute atomic E-state index is 12.7. The number of likely N-dealkylation sites (N-methyl/N-ethyl adjacent to an activating group) is 1. The van der Waals surface area contributed by atoms with Crippen LogP contribution in [0.2, 0.25) is 0 Å². The molecule has 1 unspecified atom stereocenters. The smallest absolute Gasteiger partial charge is 0.351 e. The minimum Gasteiger partial charge on any atom is -0.351 e. The number of aromatic nitrogens is 4. The molecular weight excluding hydrogens is 411 g/mol. The number of halogens is 3. The number of aryl methyl sites for hydroxylation is 1. The summed E-state index contributed by atoms with van der Waals surface area (Å²) in [5.74, 6) is 1.50. The van der Waals surface area contributed by atoms with Gasteiger partial charge in [-0.05, 0) is 31.6 Å². The van der Waals surface area contributed by atoms with Crippen molar-refractivity contribution in [3.8, 4) is 0 Å². The van der Waals surface area contributed by atoms with Crippen molar-refractivity contribution in [2.24, 2.45) is 11.8 Å². The highest BCUT2D eigenvalue weighted by Gasteiger charge is 2.37. The molecule has 2 aliphatic rings. The number of amides is 1. The lowest BCUT2D eigenvalue weighted by molar-refractivity contribution is -0.141. The topological polar surface area (TPSA) is 88.0 Å². The molecule has 2 aromatic heterocycles. The van der Waals surface area contributed by atoms with Crippen LogP contribution < -0.4 is 15.5 Å². The molecule has 11 heteroatoms.